The molecular formula is C29H33ClO8. The van der Waals surface area contributed by atoms with E-state index in [-0.39, 0.29) is 30.0 Å². The van der Waals surface area contributed by atoms with Crippen molar-refractivity contribution in [3.63, 3.8) is 0 Å². The summed E-state index contributed by atoms with van der Waals surface area (Å²) in [4.78, 5) is 24.8. The van der Waals surface area contributed by atoms with Gasteiger partial charge in [-0.2, -0.15) is 0 Å². The summed E-state index contributed by atoms with van der Waals surface area (Å²) < 4.78 is 34.7. The Labute approximate surface area is 226 Å². The number of carbonyl (C=O) groups is 1. The maximum Gasteiger partial charge on any atom is 0.309 e. The lowest BCUT2D eigenvalue weighted by Crippen LogP contribution is -2.38. The lowest BCUT2D eigenvalue weighted by Gasteiger charge is -2.33. The van der Waals surface area contributed by atoms with Gasteiger partial charge in [-0.1, -0.05) is 31.5 Å². The Hall–Kier alpha value is -3.23. The van der Waals surface area contributed by atoms with Crippen LogP contribution in [-0.4, -0.2) is 45.6 Å². The van der Waals surface area contributed by atoms with Crippen molar-refractivity contribution < 1.29 is 32.9 Å². The van der Waals surface area contributed by atoms with E-state index in [9.17, 15) is 9.59 Å². The van der Waals surface area contributed by atoms with Gasteiger partial charge in [-0.25, -0.2) is 0 Å². The highest BCUT2D eigenvalue weighted by atomic mass is 35.5. The number of para-hydroxylation sites is 1. The highest BCUT2D eigenvalue weighted by Gasteiger charge is 2.36. The van der Waals surface area contributed by atoms with Gasteiger partial charge >= 0.3 is 5.97 Å². The molecule has 0 atom stereocenters. The molecule has 204 valence electrons. The van der Waals surface area contributed by atoms with E-state index in [0.29, 0.717) is 77.2 Å². The normalized spacial score (nSPS) is 16.6. The highest BCUT2D eigenvalue weighted by Crippen LogP contribution is 2.41. The monoisotopic (exact) mass is 544 g/mol. The topological polar surface area (TPSA) is 93.4 Å². The third-order valence-electron chi connectivity index (χ3n) is 6.27. The zero-order chi connectivity index (χ0) is 27.1. The van der Waals surface area contributed by atoms with Crippen LogP contribution >= 0.6 is 11.6 Å². The number of fused-ring (bicyclic) bond motifs is 1. The number of hydrogen-bond acceptors (Lipinski definition) is 8. The second kappa shape index (κ2) is 13.0. The Morgan fingerprint density at radius 2 is 1.74 bits per heavy atom. The molecule has 38 heavy (non-hydrogen) atoms. The average molecular weight is 545 g/mol. The molecule has 0 bridgehead atoms. The van der Waals surface area contributed by atoms with Crippen LogP contribution in [0.1, 0.15) is 39.5 Å². The second-order valence-corrected chi connectivity index (χ2v) is 9.52. The maximum atomic E-state index is 12.8. The standard InChI is InChI=1S/C29H33ClO8/c1-4-9-35-27-17-24(36-12-11-34-19-13-18(14-19)29(32)37-10-5-2)21(15-26(27)33-3)25-16-23(31)20-7-6-8-22(30)28(20)38-25/h6-8,15-19H,4-5,9-14H2,1-3H3. The number of methoxy groups -OCH3 is 1. The second-order valence-electron chi connectivity index (χ2n) is 9.12. The van der Waals surface area contributed by atoms with E-state index >= 15 is 0 Å². The van der Waals surface area contributed by atoms with Gasteiger partial charge in [-0.05, 0) is 43.9 Å². The van der Waals surface area contributed by atoms with Gasteiger partial charge in [0, 0.05) is 12.1 Å². The molecule has 0 N–H and O–H groups in total. The molecular weight excluding hydrogens is 512 g/mol. The van der Waals surface area contributed by atoms with Crippen molar-refractivity contribution in [1.29, 1.82) is 0 Å². The van der Waals surface area contributed by atoms with Crippen LogP contribution in [0, 0.1) is 5.92 Å². The van der Waals surface area contributed by atoms with Gasteiger partial charge in [0.25, 0.3) is 0 Å². The summed E-state index contributed by atoms with van der Waals surface area (Å²) in [6.07, 6.45) is 2.92. The van der Waals surface area contributed by atoms with E-state index in [1.165, 1.54) is 6.07 Å². The number of carbonyl (C=O) groups excluding carboxylic acids is 1. The molecule has 1 aliphatic carbocycles. The molecule has 0 radical (unpaired) electrons. The number of benzene rings is 2. The Kier molecular flexibility index (Phi) is 9.53. The number of hydrogen-bond donors (Lipinski definition) is 0. The first kappa shape index (κ1) is 27.8. The van der Waals surface area contributed by atoms with E-state index in [4.69, 9.17) is 39.7 Å². The van der Waals surface area contributed by atoms with Gasteiger partial charge in [0.05, 0.1) is 54.9 Å². The first-order valence-corrected chi connectivity index (χ1v) is 13.3. The quantitative estimate of drug-likeness (QED) is 0.190. The molecule has 0 unspecified atom stereocenters. The molecule has 9 heteroatoms. The van der Waals surface area contributed by atoms with E-state index < -0.39 is 0 Å². The minimum absolute atomic E-state index is 0.00258. The number of halogens is 1. The fraction of sp³-hybridized carbons (Fsp3) is 0.448. The minimum Gasteiger partial charge on any atom is -0.493 e. The molecule has 0 amide bonds. The van der Waals surface area contributed by atoms with Crippen LogP contribution < -0.4 is 19.6 Å². The van der Waals surface area contributed by atoms with Crippen LogP contribution in [-0.2, 0) is 14.3 Å². The molecule has 0 saturated heterocycles. The van der Waals surface area contributed by atoms with Gasteiger partial charge in [-0.3, -0.25) is 9.59 Å². The van der Waals surface area contributed by atoms with E-state index in [2.05, 4.69) is 0 Å². The van der Waals surface area contributed by atoms with Crippen molar-refractivity contribution in [2.24, 2.45) is 5.92 Å². The molecule has 0 spiro atoms. The molecule has 1 saturated carbocycles. The summed E-state index contributed by atoms with van der Waals surface area (Å²) in [7, 11) is 1.55. The predicted octanol–water partition coefficient (Wildman–Crippen LogP) is 6.04. The van der Waals surface area contributed by atoms with Crippen LogP contribution in [0.5, 0.6) is 17.2 Å². The maximum absolute atomic E-state index is 12.8. The van der Waals surface area contributed by atoms with Crippen molar-refractivity contribution in [2.45, 2.75) is 45.6 Å². The zero-order valence-electron chi connectivity index (χ0n) is 21.9. The summed E-state index contributed by atoms with van der Waals surface area (Å²) >= 11 is 6.32. The summed E-state index contributed by atoms with van der Waals surface area (Å²) in [6, 6.07) is 9.90. The molecule has 2 aromatic carbocycles. The van der Waals surface area contributed by atoms with Crippen molar-refractivity contribution in [3.8, 4) is 28.6 Å². The van der Waals surface area contributed by atoms with Gasteiger partial charge < -0.3 is 28.1 Å². The van der Waals surface area contributed by atoms with Crippen LogP contribution in [0.4, 0.5) is 0 Å². The number of esters is 1. The largest absolute Gasteiger partial charge is 0.493 e. The number of ether oxygens (including phenoxy) is 5. The lowest BCUT2D eigenvalue weighted by atomic mass is 9.82. The first-order valence-electron chi connectivity index (χ1n) is 12.9. The molecule has 1 aliphatic rings. The average Bonchev–Trinajstić information content (AvgIpc) is 2.89. The predicted molar refractivity (Wildman–Crippen MR) is 144 cm³/mol. The minimum atomic E-state index is -0.222. The van der Waals surface area contributed by atoms with Gasteiger partial charge in [0.1, 0.15) is 18.1 Å². The summed E-state index contributed by atoms with van der Waals surface area (Å²) in [6.45, 7) is 5.50. The van der Waals surface area contributed by atoms with Gasteiger partial charge in [0.2, 0.25) is 0 Å². The molecule has 1 heterocycles. The fourth-order valence-corrected chi connectivity index (χ4v) is 4.41. The van der Waals surface area contributed by atoms with E-state index in [0.717, 1.165) is 12.8 Å². The Morgan fingerprint density at radius 3 is 2.47 bits per heavy atom. The highest BCUT2D eigenvalue weighted by molar-refractivity contribution is 6.34. The zero-order valence-corrected chi connectivity index (χ0v) is 22.7. The Morgan fingerprint density at radius 1 is 0.974 bits per heavy atom. The smallest absolute Gasteiger partial charge is 0.309 e. The molecule has 1 aromatic heterocycles. The molecule has 4 rings (SSSR count). The van der Waals surface area contributed by atoms with Crippen LogP contribution in [0.2, 0.25) is 5.02 Å². The molecule has 1 fully saturated rings. The molecule has 8 nitrogen and oxygen atoms in total. The third-order valence-corrected chi connectivity index (χ3v) is 6.57. The Bertz CT molecular complexity index is 1310. The van der Waals surface area contributed by atoms with E-state index in [1.54, 1.807) is 37.4 Å². The summed E-state index contributed by atoms with van der Waals surface area (Å²) in [5.74, 6) is 1.49. The van der Waals surface area contributed by atoms with Crippen LogP contribution in [0.25, 0.3) is 22.3 Å². The summed E-state index contributed by atoms with van der Waals surface area (Å²) in [5.41, 5.74) is 0.598. The fourth-order valence-electron chi connectivity index (χ4n) is 4.19. The van der Waals surface area contributed by atoms with Crippen LogP contribution in [0.3, 0.4) is 0 Å². The lowest BCUT2D eigenvalue weighted by molar-refractivity contribution is -0.158. The SMILES string of the molecule is CCCOC(=O)C1CC(OCCOc2cc(OCCC)c(OC)cc2-c2cc(=O)c3cccc(Cl)c3o2)C1. The number of rotatable bonds is 13. The van der Waals surface area contributed by atoms with Crippen LogP contribution in [0.15, 0.2) is 45.6 Å². The van der Waals surface area contributed by atoms with Crippen molar-refractivity contribution in [3.05, 3.63) is 51.6 Å². The van der Waals surface area contributed by atoms with Crippen molar-refractivity contribution in [2.75, 3.05) is 33.5 Å². The van der Waals surface area contributed by atoms with Gasteiger partial charge in [-0.15, -0.1) is 0 Å². The molecule has 3 aromatic rings. The van der Waals surface area contributed by atoms with Crippen molar-refractivity contribution in [1.82, 2.24) is 0 Å². The van der Waals surface area contributed by atoms with Crippen molar-refractivity contribution >= 4 is 28.5 Å². The third kappa shape index (κ3) is 6.42. The first-order chi connectivity index (χ1) is 18.4. The Balaban J connectivity index is 1.51. The van der Waals surface area contributed by atoms with Gasteiger partial charge in [0.15, 0.2) is 22.5 Å². The molecule has 0 aliphatic heterocycles. The summed E-state index contributed by atoms with van der Waals surface area (Å²) in [5, 5.41) is 0.730. The van der Waals surface area contributed by atoms with E-state index in [1.807, 2.05) is 13.8 Å².